The smallest absolute Gasteiger partial charge is 0.303 e. The van der Waals surface area contributed by atoms with Crippen LogP contribution >= 0.6 is 0 Å². The number of benzene rings is 3. The van der Waals surface area contributed by atoms with Gasteiger partial charge in [-0.05, 0) is 29.7 Å². The maximum absolute atomic E-state index is 10.9. The molecule has 0 atom stereocenters. The molecule has 5 nitrogen and oxygen atoms in total. The van der Waals surface area contributed by atoms with Gasteiger partial charge in [0.05, 0.1) is 7.11 Å². The van der Waals surface area contributed by atoms with Gasteiger partial charge in [0, 0.05) is 18.1 Å². The van der Waals surface area contributed by atoms with Gasteiger partial charge in [0.2, 0.25) is 0 Å². The number of hydrogen-bond acceptors (Lipinski definition) is 4. The van der Waals surface area contributed by atoms with E-state index in [9.17, 15) is 4.79 Å². The van der Waals surface area contributed by atoms with Gasteiger partial charge in [0.1, 0.15) is 30.5 Å². The molecule has 29 heavy (non-hydrogen) atoms. The summed E-state index contributed by atoms with van der Waals surface area (Å²) in [5, 5.41) is 8.94. The highest BCUT2D eigenvalue weighted by Crippen LogP contribution is 2.30. The number of methoxy groups -OCH3 is 1. The van der Waals surface area contributed by atoms with E-state index in [-0.39, 0.29) is 6.42 Å². The molecule has 0 heterocycles. The van der Waals surface area contributed by atoms with Gasteiger partial charge < -0.3 is 19.3 Å². The molecule has 0 fully saturated rings. The summed E-state index contributed by atoms with van der Waals surface area (Å²) in [7, 11) is 1.58. The van der Waals surface area contributed by atoms with Crippen LogP contribution in [0.15, 0.2) is 72.8 Å². The summed E-state index contributed by atoms with van der Waals surface area (Å²) in [4.78, 5) is 10.9. The molecule has 0 radical (unpaired) electrons. The molecular formula is C24H24O5. The molecule has 3 rings (SSSR count). The van der Waals surface area contributed by atoms with Crippen LogP contribution in [0.4, 0.5) is 0 Å². The molecule has 0 aliphatic rings. The van der Waals surface area contributed by atoms with Crippen LogP contribution in [-0.2, 0) is 11.2 Å². The van der Waals surface area contributed by atoms with E-state index in [1.54, 1.807) is 19.2 Å². The first-order valence-corrected chi connectivity index (χ1v) is 9.46. The number of carbonyl (C=O) groups is 1. The lowest BCUT2D eigenvalue weighted by Crippen LogP contribution is -2.11. The van der Waals surface area contributed by atoms with Crippen LogP contribution in [0.1, 0.15) is 12.0 Å². The molecule has 1 N–H and O–H groups in total. The predicted octanol–water partition coefficient (Wildman–Crippen LogP) is 4.84. The maximum atomic E-state index is 10.9. The topological polar surface area (TPSA) is 65.0 Å². The van der Waals surface area contributed by atoms with Crippen LogP contribution in [0.2, 0.25) is 0 Å². The van der Waals surface area contributed by atoms with Crippen LogP contribution in [0.3, 0.4) is 0 Å². The van der Waals surface area contributed by atoms with Crippen molar-refractivity contribution < 1.29 is 24.1 Å². The fourth-order valence-corrected chi connectivity index (χ4v) is 3.00. The lowest BCUT2D eigenvalue weighted by Gasteiger charge is -2.15. The van der Waals surface area contributed by atoms with Crippen LogP contribution in [0, 0.1) is 0 Å². The van der Waals surface area contributed by atoms with Gasteiger partial charge in [0.15, 0.2) is 0 Å². The summed E-state index contributed by atoms with van der Waals surface area (Å²) < 4.78 is 17.1. The molecule has 0 aliphatic heterocycles. The fraction of sp³-hybridized carbons (Fsp3) is 0.208. The maximum Gasteiger partial charge on any atom is 0.303 e. The largest absolute Gasteiger partial charge is 0.497 e. The van der Waals surface area contributed by atoms with E-state index in [0.29, 0.717) is 31.1 Å². The Bertz CT molecular complexity index is 937. The molecular weight excluding hydrogens is 368 g/mol. The Balaban J connectivity index is 1.63. The molecule has 0 bridgehead atoms. The van der Waals surface area contributed by atoms with Gasteiger partial charge in [-0.25, -0.2) is 0 Å². The summed E-state index contributed by atoms with van der Waals surface area (Å²) in [5.41, 5.74) is 2.95. The molecule has 0 saturated carbocycles. The SMILES string of the molecule is COc1ccc(CCC(=O)O)c(OCCOc2ccccc2-c2ccccc2)c1. The van der Waals surface area contributed by atoms with E-state index in [2.05, 4.69) is 0 Å². The standard InChI is InChI=1S/C24H24O5/c1-27-20-13-11-19(12-14-24(25)26)23(17-20)29-16-15-28-22-10-6-5-9-21(22)18-7-3-2-4-8-18/h2-11,13,17H,12,14-16H2,1H3,(H,25,26). The molecule has 3 aromatic carbocycles. The second kappa shape index (κ2) is 10.2. The van der Waals surface area contributed by atoms with Crippen molar-refractivity contribution in [3.63, 3.8) is 0 Å². The van der Waals surface area contributed by atoms with E-state index < -0.39 is 5.97 Å². The number of aryl methyl sites for hydroxylation is 1. The highest BCUT2D eigenvalue weighted by Gasteiger charge is 2.09. The number of para-hydroxylation sites is 1. The molecule has 0 spiro atoms. The average Bonchev–Trinajstić information content (AvgIpc) is 2.76. The monoisotopic (exact) mass is 392 g/mol. The molecule has 0 unspecified atom stereocenters. The number of rotatable bonds is 10. The zero-order valence-corrected chi connectivity index (χ0v) is 16.3. The first-order chi connectivity index (χ1) is 14.2. The Morgan fingerprint density at radius 3 is 2.28 bits per heavy atom. The van der Waals surface area contributed by atoms with E-state index in [1.807, 2.05) is 60.7 Å². The van der Waals surface area contributed by atoms with Crippen LogP contribution in [0.5, 0.6) is 17.2 Å². The third-order valence-corrected chi connectivity index (χ3v) is 4.45. The number of aliphatic carboxylic acids is 1. The first kappa shape index (κ1) is 20.3. The van der Waals surface area contributed by atoms with Gasteiger partial charge >= 0.3 is 5.97 Å². The molecule has 150 valence electrons. The van der Waals surface area contributed by atoms with Crippen molar-refractivity contribution in [2.75, 3.05) is 20.3 Å². The number of carboxylic acid groups (broad SMARTS) is 1. The number of hydrogen-bond donors (Lipinski definition) is 1. The molecule has 0 aliphatic carbocycles. The minimum atomic E-state index is -0.840. The van der Waals surface area contributed by atoms with Crippen molar-refractivity contribution in [2.24, 2.45) is 0 Å². The second-order valence-corrected chi connectivity index (χ2v) is 6.43. The highest BCUT2D eigenvalue weighted by molar-refractivity contribution is 5.70. The lowest BCUT2D eigenvalue weighted by molar-refractivity contribution is -0.136. The molecule has 0 saturated heterocycles. The fourth-order valence-electron chi connectivity index (χ4n) is 3.00. The minimum absolute atomic E-state index is 0.0453. The Labute approximate surface area is 170 Å². The summed E-state index contributed by atoms with van der Waals surface area (Å²) in [5.74, 6) is 1.23. The Morgan fingerprint density at radius 1 is 0.862 bits per heavy atom. The van der Waals surface area contributed by atoms with Gasteiger partial charge in [0.25, 0.3) is 0 Å². The number of ether oxygens (including phenoxy) is 3. The van der Waals surface area contributed by atoms with E-state index >= 15 is 0 Å². The third-order valence-electron chi connectivity index (χ3n) is 4.45. The van der Waals surface area contributed by atoms with Crippen molar-refractivity contribution >= 4 is 5.97 Å². The third kappa shape index (κ3) is 5.75. The van der Waals surface area contributed by atoms with Gasteiger partial charge in [-0.2, -0.15) is 0 Å². The van der Waals surface area contributed by atoms with E-state index in [4.69, 9.17) is 19.3 Å². The first-order valence-electron chi connectivity index (χ1n) is 9.46. The van der Waals surface area contributed by atoms with Crippen molar-refractivity contribution in [3.05, 3.63) is 78.4 Å². The normalized spacial score (nSPS) is 10.4. The Kier molecular flexibility index (Phi) is 7.11. The second-order valence-electron chi connectivity index (χ2n) is 6.43. The molecule has 0 amide bonds. The summed E-state index contributed by atoms with van der Waals surface area (Å²) in [6, 6.07) is 23.4. The average molecular weight is 392 g/mol. The number of carboxylic acids is 1. The van der Waals surface area contributed by atoms with Crippen molar-refractivity contribution in [1.29, 1.82) is 0 Å². The summed E-state index contributed by atoms with van der Waals surface area (Å²) in [6.45, 7) is 0.690. The van der Waals surface area contributed by atoms with Crippen molar-refractivity contribution in [2.45, 2.75) is 12.8 Å². The molecule has 5 heteroatoms. The van der Waals surface area contributed by atoms with Crippen molar-refractivity contribution in [3.8, 4) is 28.4 Å². The predicted molar refractivity (Wildman–Crippen MR) is 112 cm³/mol. The van der Waals surface area contributed by atoms with Gasteiger partial charge in [-0.15, -0.1) is 0 Å². The summed E-state index contributed by atoms with van der Waals surface area (Å²) >= 11 is 0. The summed E-state index contributed by atoms with van der Waals surface area (Å²) in [6.07, 6.45) is 0.440. The molecule has 3 aromatic rings. The van der Waals surface area contributed by atoms with E-state index in [1.165, 1.54) is 0 Å². The van der Waals surface area contributed by atoms with E-state index in [0.717, 1.165) is 22.4 Å². The zero-order valence-electron chi connectivity index (χ0n) is 16.3. The van der Waals surface area contributed by atoms with Crippen molar-refractivity contribution in [1.82, 2.24) is 0 Å². The lowest BCUT2D eigenvalue weighted by atomic mass is 10.1. The highest BCUT2D eigenvalue weighted by atomic mass is 16.5. The zero-order chi connectivity index (χ0) is 20.5. The van der Waals surface area contributed by atoms with Gasteiger partial charge in [-0.3, -0.25) is 4.79 Å². The quantitative estimate of drug-likeness (QED) is 0.500. The van der Waals surface area contributed by atoms with Crippen LogP contribution in [0.25, 0.3) is 11.1 Å². The Hall–Kier alpha value is -3.47. The Morgan fingerprint density at radius 2 is 1.55 bits per heavy atom. The van der Waals surface area contributed by atoms with Crippen LogP contribution in [-0.4, -0.2) is 31.4 Å². The molecule has 0 aromatic heterocycles. The minimum Gasteiger partial charge on any atom is -0.497 e. The van der Waals surface area contributed by atoms with Crippen LogP contribution < -0.4 is 14.2 Å². The van der Waals surface area contributed by atoms with Gasteiger partial charge in [-0.1, -0.05) is 54.6 Å².